The molecule has 4 nitrogen and oxygen atoms in total. The highest BCUT2D eigenvalue weighted by molar-refractivity contribution is 5.44. The largest absolute Gasteiger partial charge is 0.272 e. The number of aryl methyl sites for hydroxylation is 1. The molecule has 0 aliphatic rings. The Balaban J connectivity index is 3.21. The summed E-state index contributed by atoms with van der Waals surface area (Å²) in [5, 5.41) is 19.3. The molecular formula is C10H10N2O2. The third kappa shape index (κ3) is 1.88. The van der Waals surface area contributed by atoms with Gasteiger partial charge in [0, 0.05) is 11.6 Å². The molecule has 0 amide bonds. The van der Waals surface area contributed by atoms with Crippen molar-refractivity contribution in [2.75, 3.05) is 0 Å². The van der Waals surface area contributed by atoms with Gasteiger partial charge in [-0.1, -0.05) is 12.1 Å². The van der Waals surface area contributed by atoms with Crippen molar-refractivity contribution in [3.8, 4) is 6.07 Å². The Labute approximate surface area is 81.9 Å². The number of nitro groups is 1. The van der Waals surface area contributed by atoms with Gasteiger partial charge in [-0.3, -0.25) is 10.1 Å². The number of benzene rings is 1. The van der Waals surface area contributed by atoms with Crippen molar-refractivity contribution in [3.63, 3.8) is 0 Å². The number of nitro benzene ring substituents is 1. The fourth-order valence-corrected chi connectivity index (χ4v) is 1.17. The molecule has 0 radical (unpaired) electrons. The molecule has 0 fully saturated rings. The van der Waals surface area contributed by atoms with E-state index in [2.05, 4.69) is 0 Å². The van der Waals surface area contributed by atoms with E-state index in [9.17, 15) is 10.1 Å². The average molecular weight is 190 g/mol. The van der Waals surface area contributed by atoms with Crippen LogP contribution in [0.4, 0.5) is 5.69 Å². The Kier molecular flexibility index (Phi) is 2.82. The Morgan fingerprint density at radius 1 is 1.57 bits per heavy atom. The molecule has 1 unspecified atom stereocenters. The zero-order valence-electron chi connectivity index (χ0n) is 8.02. The van der Waals surface area contributed by atoms with Crippen molar-refractivity contribution in [2.24, 2.45) is 0 Å². The topological polar surface area (TPSA) is 66.9 Å². The molecule has 0 bridgehead atoms. The maximum atomic E-state index is 10.6. The molecule has 14 heavy (non-hydrogen) atoms. The van der Waals surface area contributed by atoms with Crippen molar-refractivity contribution in [2.45, 2.75) is 19.8 Å². The van der Waals surface area contributed by atoms with Crippen LogP contribution in [0.25, 0.3) is 0 Å². The third-order valence-corrected chi connectivity index (χ3v) is 2.12. The van der Waals surface area contributed by atoms with Crippen molar-refractivity contribution >= 4 is 5.69 Å². The van der Waals surface area contributed by atoms with E-state index in [4.69, 9.17) is 5.26 Å². The van der Waals surface area contributed by atoms with Crippen LogP contribution in [0.3, 0.4) is 0 Å². The smallest absolute Gasteiger partial charge is 0.258 e. The lowest BCUT2D eigenvalue weighted by atomic mass is 10.0. The minimum Gasteiger partial charge on any atom is -0.258 e. The summed E-state index contributed by atoms with van der Waals surface area (Å²) in [7, 11) is 0. The lowest BCUT2D eigenvalue weighted by Gasteiger charge is -2.03. The highest BCUT2D eigenvalue weighted by atomic mass is 16.6. The summed E-state index contributed by atoms with van der Waals surface area (Å²) in [5.41, 5.74) is 1.37. The zero-order valence-corrected chi connectivity index (χ0v) is 8.02. The van der Waals surface area contributed by atoms with Crippen LogP contribution in [-0.4, -0.2) is 4.92 Å². The highest BCUT2D eigenvalue weighted by Crippen LogP contribution is 2.23. The number of rotatable bonds is 2. The van der Waals surface area contributed by atoms with Gasteiger partial charge in [-0.15, -0.1) is 0 Å². The van der Waals surface area contributed by atoms with E-state index >= 15 is 0 Å². The van der Waals surface area contributed by atoms with Gasteiger partial charge in [-0.25, -0.2) is 0 Å². The van der Waals surface area contributed by atoms with E-state index in [0.29, 0.717) is 11.1 Å². The number of nitrogens with zero attached hydrogens (tertiary/aromatic N) is 2. The second-order valence-electron chi connectivity index (χ2n) is 3.15. The minimum absolute atomic E-state index is 0.0737. The maximum absolute atomic E-state index is 10.6. The lowest BCUT2D eigenvalue weighted by molar-refractivity contribution is -0.385. The van der Waals surface area contributed by atoms with Crippen LogP contribution in [-0.2, 0) is 0 Å². The third-order valence-electron chi connectivity index (χ3n) is 2.12. The number of hydrogen-bond donors (Lipinski definition) is 0. The summed E-state index contributed by atoms with van der Waals surface area (Å²) in [6, 6.07) is 6.92. The quantitative estimate of drug-likeness (QED) is 0.531. The van der Waals surface area contributed by atoms with Crippen LogP contribution >= 0.6 is 0 Å². The molecule has 0 aliphatic carbocycles. The molecule has 72 valence electrons. The van der Waals surface area contributed by atoms with Gasteiger partial charge in [0.1, 0.15) is 0 Å². The summed E-state index contributed by atoms with van der Waals surface area (Å²) in [6.07, 6.45) is 0. The molecule has 1 aromatic rings. The molecule has 0 aliphatic heterocycles. The fourth-order valence-electron chi connectivity index (χ4n) is 1.17. The first-order valence-electron chi connectivity index (χ1n) is 4.21. The van der Waals surface area contributed by atoms with Gasteiger partial charge in [0.25, 0.3) is 5.69 Å². The van der Waals surface area contributed by atoms with Crippen LogP contribution in [0.2, 0.25) is 0 Å². The van der Waals surface area contributed by atoms with Crippen molar-refractivity contribution < 1.29 is 4.92 Å². The average Bonchev–Trinajstić information content (AvgIpc) is 2.17. The van der Waals surface area contributed by atoms with Crippen LogP contribution in [0.15, 0.2) is 18.2 Å². The minimum atomic E-state index is -0.428. The molecule has 1 aromatic carbocycles. The lowest BCUT2D eigenvalue weighted by Crippen LogP contribution is -1.95. The SMILES string of the molecule is Cc1ccc(C(C)C#N)cc1[N+](=O)[O-]. The molecule has 1 rings (SSSR count). The molecule has 0 N–H and O–H groups in total. The molecule has 0 heterocycles. The Bertz CT molecular complexity index is 407. The Hall–Kier alpha value is -1.89. The Morgan fingerprint density at radius 2 is 2.21 bits per heavy atom. The first kappa shape index (κ1) is 10.2. The monoisotopic (exact) mass is 190 g/mol. The van der Waals surface area contributed by atoms with Gasteiger partial charge in [0.2, 0.25) is 0 Å². The van der Waals surface area contributed by atoms with E-state index in [1.807, 2.05) is 6.07 Å². The first-order valence-corrected chi connectivity index (χ1v) is 4.21. The second kappa shape index (κ2) is 3.88. The van der Waals surface area contributed by atoms with Crippen LogP contribution < -0.4 is 0 Å². The van der Waals surface area contributed by atoms with E-state index in [1.54, 1.807) is 26.0 Å². The molecule has 0 saturated carbocycles. The summed E-state index contributed by atoms with van der Waals surface area (Å²) in [6.45, 7) is 3.40. The van der Waals surface area contributed by atoms with Crippen LogP contribution in [0.5, 0.6) is 0 Å². The van der Waals surface area contributed by atoms with Gasteiger partial charge < -0.3 is 0 Å². The van der Waals surface area contributed by atoms with Gasteiger partial charge in [0.15, 0.2) is 0 Å². The van der Waals surface area contributed by atoms with Gasteiger partial charge >= 0.3 is 0 Å². The van der Waals surface area contributed by atoms with Crippen LogP contribution in [0.1, 0.15) is 24.0 Å². The summed E-state index contributed by atoms with van der Waals surface area (Å²) < 4.78 is 0. The van der Waals surface area contributed by atoms with Gasteiger partial charge in [-0.2, -0.15) is 5.26 Å². The summed E-state index contributed by atoms with van der Waals surface area (Å²) in [5.74, 6) is -0.311. The zero-order chi connectivity index (χ0) is 10.7. The van der Waals surface area contributed by atoms with Crippen LogP contribution in [0, 0.1) is 28.4 Å². The second-order valence-corrected chi connectivity index (χ2v) is 3.15. The van der Waals surface area contributed by atoms with E-state index in [-0.39, 0.29) is 11.6 Å². The van der Waals surface area contributed by atoms with Gasteiger partial charge in [-0.05, 0) is 19.4 Å². The van der Waals surface area contributed by atoms with E-state index in [1.165, 1.54) is 6.07 Å². The predicted octanol–water partition coefficient (Wildman–Crippen LogP) is 2.53. The van der Waals surface area contributed by atoms with Crippen molar-refractivity contribution in [1.82, 2.24) is 0 Å². The van der Waals surface area contributed by atoms with E-state index < -0.39 is 4.92 Å². The highest BCUT2D eigenvalue weighted by Gasteiger charge is 2.13. The number of nitriles is 1. The standard InChI is InChI=1S/C10H10N2O2/c1-7-3-4-9(8(2)6-11)5-10(7)12(13)14/h3-5,8H,1-2H3. The summed E-state index contributed by atoms with van der Waals surface area (Å²) >= 11 is 0. The summed E-state index contributed by atoms with van der Waals surface area (Å²) in [4.78, 5) is 10.2. The molecule has 0 aromatic heterocycles. The molecule has 1 atom stereocenters. The molecule has 4 heteroatoms. The molecule has 0 saturated heterocycles. The van der Waals surface area contributed by atoms with Crippen molar-refractivity contribution in [1.29, 1.82) is 5.26 Å². The van der Waals surface area contributed by atoms with E-state index in [0.717, 1.165) is 0 Å². The maximum Gasteiger partial charge on any atom is 0.272 e. The van der Waals surface area contributed by atoms with Gasteiger partial charge in [0.05, 0.1) is 16.9 Å². The normalized spacial score (nSPS) is 11.8. The van der Waals surface area contributed by atoms with Crippen molar-refractivity contribution in [3.05, 3.63) is 39.4 Å². The molecular weight excluding hydrogens is 180 g/mol. The Morgan fingerprint density at radius 3 is 2.71 bits per heavy atom. The number of hydrogen-bond acceptors (Lipinski definition) is 3. The fraction of sp³-hybridized carbons (Fsp3) is 0.300. The molecule has 0 spiro atoms. The predicted molar refractivity (Wildman–Crippen MR) is 51.9 cm³/mol. The first-order chi connectivity index (χ1) is 6.56.